The number of carbonyl (C=O) groups is 3. The van der Waals surface area contributed by atoms with Crippen LogP contribution in [0.5, 0.6) is 0 Å². The van der Waals surface area contributed by atoms with E-state index in [4.69, 9.17) is 16.3 Å². The number of esters is 1. The third-order valence-corrected chi connectivity index (χ3v) is 4.28. The Labute approximate surface area is 159 Å². The van der Waals surface area contributed by atoms with Crippen LogP contribution in [0.2, 0.25) is 5.15 Å². The maximum Gasteiger partial charge on any atom is 0.311 e. The van der Waals surface area contributed by atoms with Crippen LogP contribution in [0.4, 0.5) is 15.8 Å². The van der Waals surface area contributed by atoms with Crippen molar-refractivity contribution in [1.29, 1.82) is 0 Å². The molecule has 1 aliphatic rings. The van der Waals surface area contributed by atoms with Crippen LogP contribution in [0.15, 0.2) is 42.6 Å². The van der Waals surface area contributed by atoms with Crippen molar-refractivity contribution in [2.75, 3.05) is 23.4 Å². The van der Waals surface area contributed by atoms with E-state index in [1.54, 1.807) is 18.2 Å². The molecule has 1 N–H and O–H groups in total. The molecule has 1 fully saturated rings. The molecule has 0 saturated carbocycles. The number of aromatic nitrogens is 1. The molecule has 0 spiro atoms. The van der Waals surface area contributed by atoms with Gasteiger partial charge in [0.1, 0.15) is 5.82 Å². The van der Waals surface area contributed by atoms with Gasteiger partial charge in [0, 0.05) is 19.2 Å². The second kappa shape index (κ2) is 8.13. The Morgan fingerprint density at radius 3 is 2.81 bits per heavy atom. The molecular weight excluding hydrogens is 377 g/mol. The summed E-state index contributed by atoms with van der Waals surface area (Å²) in [7, 11) is 0. The van der Waals surface area contributed by atoms with Crippen molar-refractivity contribution >= 4 is 40.8 Å². The highest BCUT2D eigenvalue weighted by Gasteiger charge is 2.37. The van der Waals surface area contributed by atoms with Crippen LogP contribution in [0.1, 0.15) is 6.42 Å². The van der Waals surface area contributed by atoms with E-state index in [0.717, 1.165) is 0 Å². The maximum atomic E-state index is 13.9. The van der Waals surface area contributed by atoms with Crippen molar-refractivity contribution in [2.45, 2.75) is 6.42 Å². The zero-order valence-electron chi connectivity index (χ0n) is 14.0. The predicted molar refractivity (Wildman–Crippen MR) is 95.7 cm³/mol. The van der Waals surface area contributed by atoms with Crippen LogP contribution in [-0.2, 0) is 19.1 Å². The fraction of sp³-hybridized carbons (Fsp3) is 0.222. The van der Waals surface area contributed by atoms with Crippen molar-refractivity contribution in [3.05, 3.63) is 53.6 Å². The minimum Gasteiger partial charge on any atom is -0.455 e. The number of pyridine rings is 1. The largest absolute Gasteiger partial charge is 0.455 e. The first-order valence-corrected chi connectivity index (χ1v) is 8.45. The van der Waals surface area contributed by atoms with Crippen molar-refractivity contribution in [2.24, 2.45) is 5.92 Å². The number of nitrogens with zero attached hydrogens (tertiary/aromatic N) is 2. The van der Waals surface area contributed by atoms with Gasteiger partial charge in [0.2, 0.25) is 5.91 Å². The van der Waals surface area contributed by atoms with Crippen LogP contribution in [0, 0.1) is 11.7 Å². The topological polar surface area (TPSA) is 88.6 Å². The molecular formula is C18H15ClFN3O4. The second-order valence-corrected chi connectivity index (χ2v) is 6.21. The van der Waals surface area contributed by atoms with E-state index >= 15 is 0 Å². The molecule has 9 heteroatoms. The lowest BCUT2D eigenvalue weighted by Gasteiger charge is -2.17. The lowest BCUT2D eigenvalue weighted by molar-refractivity contribution is -0.151. The number of nitrogens with one attached hydrogen (secondary N) is 1. The SMILES string of the molecule is O=C(COC(=O)[C@H]1CC(=O)N(c2ccccc2F)C1)Nc1cccnc1Cl. The first-order chi connectivity index (χ1) is 13.0. The fourth-order valence-electron chi connectivity index (χ4n) is 2.69. The number of hydrogen-bond acceptors (Lipinski definition) is 5. The van der Waals surface area contributed by atoms with Gasteiger partial charge in [0.15, 0.2) is 11.8 Å². The molecule has 140 valence electrons. The molecule has 2 amide bonds. The molecule has 1 aromatic heterocycles. The van der Waals surface area contributed by atoms with Crippen molar-refractivity contribution in [3.8, 4) is 0 Å². The summed E-state index contributed by atoms with van der Waals surface area (Å²) in [5.41, 5.74) is 0.406. The van der Waals surface area contributed by atoms with Crippen LogP contribution >= 0.6 is 11.6 Å². The Morgan fingerprint density at radius 2 is 2.07 bits per heavy atom. The normalized spacial score (nSPS) is 16.3. The van der Waals surface area contributed by atoms with E-state index in [-0.39, 0.29) is 29.7 Å². The minimum absolute atomic E-state index is 0.00531. The third-order valence-electron chi connectivity index (χ3n) is 3.98. The van der Waals surface area contributed by atoms with Gasteiger partial charge in [-0.1, -0.05) is 23.7 Å². The molecule has 0 unspecified atom stereocenters. The molecule has 0 radical (unpaired) electrons. The summed E-state index contributed by atoms with van der Waals surface area (Å²) in [6, 6.07) is 8.96. The van der Waals surface area contributed by atoms with Gasteiger partial charge in [-0.15, -0.1) is 0 Å². The number of ether oxygens (including phenoxy) is 1. The Balaban J connectivity index is 1.54. The van der Waals surface area contributed by atoms with Crippen LogP contribution in [0.25, 0.3) is 0 Å². The monoisotopic (exact) mass is 391 g/mol. The molecule has 1 aromatic carbocycles. The van der Waals surface area contributed by atoms with E-state index in [1.807, 2.05) is 0 Å². The standard InChI is InChI=1S/C18H15ClFN3O4/c19-17-13(5-3-7-21-17)22-15(24)10-27-18(26)11-8-16(25)23(9-11)14-6-2-1-4-12(14)20/h1-7,11H,8-10H2,(H,22,24)/t11-/m0/s1. The first kappa shape index (κ1) is 18.8. The fourth-order valence-corrected chi connectivity index (χ4v) is 2.86. The Hall–Kier alpha value is -3.00. The van der Waals surface area contributed by atoms with Gasteiger partial charge in [-0.25, -0.2) is 9.37 Å². The van der Waals surface area contributed by atoms with Gasteiger partial charge in [0.05, 0.1) is 17.3 Å². The summed E-state index contributed by atoms with van der Waals surface area (Å²) in [5, 5.41) is 2.58. The molecule has 1 aliphatic heterocycles. The molecule has 0 aliphatic carbocycles. The summed E-state index contributed by atoms with van der Waals surface area (Å²) in [5.74, 6) is -2.99. The van der Waals surface area contributed by atoms with Gasteiger partial charge in [-0.3, -0.25) is 14.4 Å². The highest BCUT2D eigenvalue weighted by atomic mass is 35.5. The Morgan fingerprint density at radius 1 is 1.30 bits per heavy atom. The highest BCUT2D eigenvalue weighted by molar-refractivity contribution is 6.32. The van der Waals surface area contributed by atoms with Crippen LogP contribution in [0.3, 0.4) is 0 Å². The molecule has 1 saturated heterocycles. The lowest BCUT2D eigenvalue weighted by atomic mass is 10.1. The average Bonchev–Trinajstić information content (AvgIpc) is 3.04. The third kappa shape index (κ3) is 4.40. The van der Waals surface area contributed by atoms with E-state index in [2.05, 4.69) is 10.3 Å². The van der Waals surface area contributed by atoms with E-state index in [1.165, 1.54) is 29.3 Å². The van der Waals surface area contributed by atoms with Gasteiger partial charge in [-0.2, -0.15) is 0 Å². The van der Waals surface area contributed by atoms with E-state index < -0.39 is 30.2 Å². The van der Waals surface area contributed by atoms with E-state index in [0.29, 0.717) is 5.69 Å². The van der Waals surface area contributed by atoms with Crippen molar-refractivity contribution < 1.29 is 23.5 Å². The number of rotatable bonds is 5. The van der Waals surface area contributed by atoms with Gasteiger partial charge >= 0.3 is 5.97 Å². The lowest BCUT2D eigenvalue weighted by Crippen LogP contribution is -2.28. The molecule has 0 bridgehead atoms. The summed E-state index contributed by atoms with van der Waals surface area (Å²) < 4.78 is 18.8. The van der Waals surface area contributed by atoms with Crippen molar-refractivity contribution in [3.63, 3.8) is 0 Å². The molecule has 3 rings (SSSR count). The summed E-state index contributed by atoms with van der Waals surface area (Å²) in [4.78, 5) is 41.2. The van der Waals surface area contributed by atoms with Gasteiger partial charge in [0.25, 0.3) is 5.91 Å². The number of hydrogen-bond donors (Lipinski definition) is 1. The number of carbonyl (C=O) groups excluding carboxylic acids is 3. The number of halogens is 2. The Bertz CT molecular complexity index is 892. The minimum atomic E-state index is -0.771. The second-order valence-electron chi connectivity index (χ2n) is 5.85. The molecule has 2 aromatic rings. The number of amides is 2. The molecule has 1 atom stereocenters. The predicted octanol–water partition coefficient (Wildman–Crippen LogP) is 2.41. The quantitative estimate of drug-likeness (QED) is 0.624. The molecule has 27 heavy (non-hydrogen) atoms. The number of anilines is 2. The zero-order chi connectivity index (χ0) is 19.4. The number of benzene rings is 1. The zero-order valence-corrected chi connectivity index (χ0v) is 14.8. The maximum absolute atomic E-state index is 13.9. The smallest absolute Gasteiger partial charge is 0.311 e. The average molecular weight is 392 g/mol. The van der Waals surface area contributed by atoms with Crippen LogP contribution < -0.4 is 10.2 Å². The summed E-state index contributed by atoms with van der Waals surface area (Å²) >= 11 is 5.83. The Kier molecular flexibility index (Phi) is 5.66. The highest BCUT2D eigenvalue weighted by Crippen LogP contribution is 2.27. The van der Waals surface area contributed by atoms with Gasteiger partial charge < -0.3 is 15.0 Å². The summed E-state index contributed by atoms with van der Waals surface area (Å²) in [6.07, 6.45) is 1.36. The summed E-state index contributed by atoms with van der Waals surface area (Å²) in [6.45, 7) is -0.539. The molecule has 7 nitrogen and oxygen atoms in total. The number of para-hydroxylation sites is 1. The van der Waals surface area contributed by atoms with Gasteiger partial charge in [-0.05, 0) is 24.3 Å². The first-order valence-electron chi connectivity index (χ1n) is 8.07. The van der Waals surface area contributed by atoms with Crippen molar-refractivity contribution in [1.82, 2.24) is 4.98 Å². The molecule has 2 heterocycles. The van der Waals surface area contributed by atoms with Crippen LogP contribution in [-0.4, -0.2) is 35.9 Å². The van der Waals surface area contributed by atoms with E-state index in [9.17, 15) is 18.8 Å².